The maximum atomic E-state index is 12.4. The lowest BCUT2D eigenvalue weighted by atomic mass is 10.3. The molecule has 0 radical (unpaired) electrons. The van der Waals surface area contributed by atoms with Crippen LogP contribution >= 0.6 is 11.3 Å². The molecule has 2 aromatic heterocycles. The van der Waals surface area contributed by atoms with Gasteiger partial charge in [-0.2, -0.15) is 0 Å². The third-order valence-electron chi connectivity index (χ3n) is 2.90. The van der Waals surface area contributed by atoms with Crippen LogP contribution in [0.5, 0.6) is 0 Å². The van der Waals surface area contributed by atoms with Gasteiger partial charge in [-0.3, -0.25) is 14.2 Å². The number of aryl methyl sites for hydroxylation is 2. The van der Waals surface area contributed by atoms with Gasteiger partial charge < -0.3 is 10.1 Å². The maximum Gasteiger partial charge on any atom is 0.262 e. The van der Waals surface area contributed by atoms with Crippen LogP contribution in [0.2, 0.25) is 0 Å². The van der Waals surface area contributed by atoms with Crippen molar-refractivity contribution in [3.05, 3.63) is 27.1 Å². The highest BCUT2D eigenvalue weighted by Gasteiger charge is 2.13. The van der Waals surface area contributed by atoms with Crippen molar-refractivity contribution in [1.82, 2.24) is 14.9 Å². The summed E-state index contributed by atoms with van der Waals surface area (Å²) in [7, 11) is 1.57. The van der Waals surface area contributed by atoms with Crippen LogP contribution in [0, 0.1) is 13.8 Å². The average Bonchev–Trinajstić information content (AvgIpc) is 2.75. The minimum atomic E-state index is -0.222. The lowest BCUT2D eigenvalue weighted by Crippen LogP contribution is -2.35. The van der Waals surface area contributed by atoms with Crippen molar-refractivity contribution in [2.24, 2.45) is 0 Å². The van der Waals surface area contributed by atoms with E-state index in [1.807, 2.05) is 13.0 Å². The molecule has 0 bridgehead atoms. The maximum absolute atomic E-state index is 12.4. The molecular weight excluding hydrogens is 278 g/mol. The summed E-state index contributed by atoms with van der Waals surface area (Å²) >= 11 is 1.48. The molecule has 0 fully saturated rings. The van der Waals surface area contributed by atoms with Crippen LogP contribution in [0.15, 0.2) is 10.9 Å². The highest BCUT2D eigenvalue weighted by Crippen LogP contribution is 2.20. The predicted molar refractivity (Wildman–Crippen MR) is 78.2 cm³/mol. The van der Waals surface area contributed by atoms with Gasteiger partial charge in [0.25, 0.3) is 5.56 Å². The monoisotopic (exact) mass is 295 g/mol. The summed E-state index contributed by atoms with van der Waals surface area (Å²) in [5.41, 5.74) is -0.168. The second-order valence-electron chi connectivity index (χ2n) is 4.47. The van der Waals surface area contributed by atoms with Crippen molar-refractivity contribution >= 4 is 27.5 Å². The largest absolute Gasteiger partial charge is 0.383 e. The Kier molecular flexibility index (Phi) is 4.51. The molecule has 0 aliphatic heterocycles. The SMILES string of the molecule is COCCNC(=O)Cn1c(C)nc2sc(C)cc2c1=O. The molecule has 2 rings (SSSR count). The number of hydrogen-bond acceptors (Lipinski definition) is 5. The number of rotatable bonds is 5. The second kappa shape index (κ2) is 6.15. The summed E-state index contributed by atoms with van der Waals surface area (Å²) in [6, 6.07) is 1.81. The number of methoxy groups -OCH3 is 1. The molecular formula is C13H17N3O3S. The Morgan fingerprint density at radius 3 is 2.95 bits per heavy atom. The Hall–Kier alpha value is -1.73. The Balaban J connectivity index is 2.25. The molecule has 2 heterocycles. The van der Waals surface area contributed by atoms with Crippen LogP contribution in [0.3, 0.4) is 0 Å². The molecule has 108 valence electrons. The van der Waals surface area contributed by atoms with E-state index in [4.69, 9.17) is 4.74 Å². The summed E-state index contributed by atoms with van der Waals surface area (Å²) in [5.74, 6) is 0.326. The first-order chi connectivity index (χ1) is 9.52. The fraction of sp³-hybridized carbons (Fsp3) is 0.462. The highest BCUT2D eigenvalue weighted by molar-refractivity contribution is 7.18. The van der Waals surface area contributed by atoms with Crippen LogP contribution in [0.4, 0.5) is 0 Å². The molecule has 20 heavy (non-hydrogen) atoms. The summed E-state index contributed by atoms with van der Waals surface area (Å²) in [4.78, 5) is 30.3. The minimum Gasteiger partial charge on any atom is -0.383 e. The highest BCUT2D eigenvalue weighted by atomic mass is 32.1. The molecule has 0 aromatic carbocycles. The van der Waals surface area contributed by atoms with Crippen LogP contribution < -0.4 is 10.9 Å². The summed E-state index contributed by atoms with van der Waals surface area (Å²) < 4.78 is 6.26. The van der Waals surface area contributed by atoms with E-state index in [-0.39, 0.29) is 18.0 Å². The minimum absolute atomic E-state index is 0.0216. The van der Waals surface area contributed by atoms with Crippen LogP contribution in [0.1, 0.15) is 10.7 Å². The van der Waals surface area contributed by atoms with Crippen molar-refractivity contribution in [3.63, 3.8) is 0 Å². The zero-order valence-electron chi connectivity index (χ0n) is 11.7. The van der Waals surface area contributed by atoms with Gasteiger partial charge in [0, 0.05) is 18.5 Å². The average molecular weight is 295 g/mol. The number of carbonyl (C=O) groups excluding carboxylic acids is 1. The van der Waals surface area contributed by atoms with E-state index in [0.29, 0.717) is 24.4 Å². The molecule has 2 aromatic rings. The lowest BCUT2D eigenvalue weighted by Gasteiger charge is -2.09. The third kappa shape index (κ3) is 3.05. The van der Waals surface area contributed by atoms with Gasteiger partial charge in [-0.1, -0.05) is 0 Å². The standard InChI is InChI=1S/C13H17N3O3S/c1-8-6-10-12(20-8)15-9(2)16(13(10)18)7-11(17)14-4-5-19-3/h6H,4-5,7H2,1-3H3,(H,14,17). The van der Waals surface area contributed by atoms with E-state index in [2.05, 4.69) is 10.3 Å². The fourth-order valence-electron chi connectivity index (χ4n) is 1.92. The van der Waals surface area contributed by atoms with Crippen molar-refractivity contribution in [3.8, 4) is 0 Å². The van der Waals surface area contributed by atoms with Crippen LogP contribution in [0.25, 0.3) is 10.2 Å². The van der Waals surface area contributed by atoms with E-state index in [0.717, 1.165) is 9.71 Å². The number of carbonyl (C=O) groups is 1. The number of fused-ring (bicyclic) bond motifs is 1. The first kappa shape index (κ1) is 14.7. The smallest absolute Gasteiger partial charge is 0.262 e. The number of amides is 1. The number of hydrogen-bond donors (Lipinski definition) is 1. The number of nitrogens with one attached hydrogen (secondary N) is 1. The zero-order valence-corrected chi connectivity index (χ0v) is 12.5. The van der Waals surface area contributed by atoms with Gasteiger partial charge in [0.15, 0.2) is 0 Å². The van der Waals surface area contributed by atoms with Gasteiger partial charge >= 0.3 is 0 Å². The molecule has 7 heteroatoms. The number of aromatic nitrogens is 2. The van der Waals surface area contributed by atoms with Crippen molar-refractivity contribution in [2.45, 2.75) is 20.4 Å². The second-order valence-corrected chi connectivity index (χ2v) is 5.70. The summed E-state index contributed by atoms with van der Waals surface area (Å²) in [6.07, 6.45) is 0. The van der Waals surface area contributed by atoms with Crippen molar-refractivity contribution < 1.29 is 9.53 Å². The van der Waals surface area contributed by atoms with Crippen molar-refractivity contribution in [1.29, 1.82) is 0 Å². The van der Waals surface area contributed by atoms with Gasteiger partial charge in [0.05, 0.1) is 12.0 Å². The molecule has 0 saturated heterocycles. The topological polar surface area (TPSA) is 73.2 Å². The molecule has 0 spiro atoms. The van der Waals surface area contributed by atoms with Crippen molar-refractivity contribution in [2.75, 3.05) is 20.3 Å². The third-order valence-corrected chi connectivity index (χ3v) is 3.84. The summed E-state index contributed by atoms with van der Waals surface area (Å²) in [5, 5.41) is 3.26. The molecule has 0 aliphatic carbocycles. The van der Waals surface area contributed by atoms with Crippen LogP contribution in [-0.4, -0.2) is 35.7 Å². The number of ether oxygens (including phenoxy) is 1. The van der Waals surface area contributed by atoms with Crippen LogP contribution in [-0.2, 0) is 16.1 Å². The van der Waals surface area contributed by atoms with Gasteiger partial charge in [0.1, 0.15) is 17.2 Å². The van der Waals surface area contributed by atoms with Gasteiger partial charge in [-0.05, 0) is 19.9 Å². The Bertz CT molecular complexity index is 690. The quantitative estimate of drug-likeness (QED) is 0.830. The normalized spacial score (nSPS) is 10.9. The zero-order chi connectivity index (χ0) is 14.7. The predicted octanol–water partition coefficient (Wildman–Crippen LogP) is 0.837. The molecule has 0 saturated carbocycles. The molecule has 6 nitrogen and oxygen atoms in total. The van der Waals surface area contributed by atoms with E-state index in [1.165, 1.54) is 15.9 Å². The first-order valence-electron chi connectivity index (χ1n) is 6.26. The Labute approximate surface area is 120 Å². The Morgan fingerprint density at radius 2 is 2.25 bits per heavy atom. The van der Waals surface area contributed by atoms with Gasteiger partial charge in [0.2, 0.25) is 5.91 Å². The molecule has 1 amide bonds. The van der Waals surface area contributed by atoms with E-state index in [1.54, 1.807) is 14.0 Å². The molecule has 0 atom stereocenters. The van der Waals surface area contributed by atoms with Gasteiger partial charge in [-0.15, -0.1) is 11.3 Å². The fourth-order valence-corrected chi connectivity index (χ4v) is 2.83. The van der Waals surface area contributed by atoms with E-state index >= 15 is 0 Å². The van der Waals surface area contributed by atoms with E-state index < -0.39 is 0 Å². The first-order valence-corrected chi connectivity index (χ1v) is 7.08. The summed E-state index contributed by atoms with van der Waals surface area (Å²) in [6.45, 7) is 4.52. The molecule has 0 aliphatic rings. The number of nitrogens with zero attached hydrogens (tertiary/aromatic N) is 2. The molecule has 0 unspecified atom stereocenters. The molecule has 1 N–H and O–H groups in total. The Morgan fingerprint density at radius 1 is 1.50 bits per heavy atom. The number of thiophene rings is 1. The lowest BCUT2D eigenvalue weighted by molar-refractivity contribution is -0.121. The van der Waals surface area contributed by atoms with Gasteiger partial charge in [-0.25, -0.2) is 4.98 Å². The van der Waals surface area contributed by atoms with E-state index in [9.17, 15) is 9.59 Å².